The minimum Gasteiger partial charge on any atom is -0.357 e. The van der Waals surface area contributed by atoms with E-state index < -0.39 is 0 Å². The number of unbranched alkanes of at least 4 members (excludes halogenated alkanes) is 2. The lowest BCUT2D eigenvalue weighted by Crippen LogP contribution is -2.37. The first kappa shape index (κ1) is 20.0. The second-order valence-electron chi connectivity index (χ2n) is 5.30. The van der Waals surface area contributed by atoms with E-state index in [9.17, 15) is 0 Å². The minimum atomic E-state index is 0. The van der Waals surface area contributed by atoms with Crippen LogP contribution in [0.15, 0.2) is 4.99 Å². The van der Waals surface area contributed by atoms with Gasteiger partial charge in [0.1, 0.15) is 0 Å². The number of aliphatic imine (C=N–C) groups is 1. The molecule has 1 aliphatic rings. The van der Waals surface area contributed by atoms with Crippen LogP contribution in [0.25, 0.3) is 0 Å². The van der Waals surface area contributed by atoms with Gasteiger partial charge in [0.05, 0.1) is 0 Å². The van der Waals surface area contributed by atoms with Gasteiger partial charge >= 0.3 is 0 Å². The number of halogens is 1. The Balaban J connectivity index is 0.00000361. The molecule has 0 aliphatic carbocycles. The van der Waals surface area contributed by atoms with Crippen molar-refractivity contribution in [2.75, 3.05) is 39.3 Å². The second-order valence-corrected chi connectivity index (χ2v) is 5.30. The molecule has 0 bridgehead atoms. The lowest BCUT2D eigenvalue weighted by molar-refractivity contribution is 0.331. The normalized spacial score (nSPS) is 16.0. The lowest BCUT2D eigenvalue weighted by atomic mass is 10.3. The van der Waals surface area contributed by atoms with Crippen molar-refractivity contribution >= 4 is 29.9 Å². The lowest BCUT2D eigenvalue weighted by Gasteiger charge is -2.14. The summed E-state index contributed by atoms with van der Waals surface area (Å²) in [6.07, 6.45) is 7.69. The fourth-order valence-corrected chi connectivity index (χ4v) is 2.37. The van der Waals surface area contributed by atoms with Crippen LogP contribution < -0.4 is 10.6 Å². The van der Waals surface area contributed by atoms with Crippen LogP contribution in [0, 0.1) is 0 Å². The SMILES string of the molecule is CCCCNC(=NCCCCN1CCCC1)NCC.I. The highest BCUT2D eigenvalue weighted by atomic mass is 127. The molecule has 1 fully saturated rings. The number of likely N-dealkylation sites (tertiary alicyclic amines) is 1. The van der Waals surface area contributed by atoms with Crippen LogP contribution in [0.1, 0.15) is 52.4 Å². The molecule has 0 spiro atoms. The molecule has 5 heteroatoms. The Labute approximate surface area is 142 Å². The zero-order valence-corrected chi connectivity index (χ0v) is 15.6. The highest BCUT2D eigenvalue weighted by Gasteiger charge is 2.09. The van der Waals surface area contributed by atoms with Crippen LogP contribution in [-0.4, -0.2) is 50.1 Å². The van der Waals surface area contributed by atoms with Gasteiger partial charge in [-0.05, 0) is 58.7 Å². The van der Waals surface area contributed by atoms with Gasteiger partial charge in [-0.1, -0.05) is 13.3 Å². The van der Waals surface area contributed by atoms with Crippen molar-refractivity contribution in [2.24, 2.45) is 4.99 Å². The van der Waals surface area contributed by atoms with E-state index in [2.05, 4.69) is 34.4 Å². The number of hydrogen-bond acceptors (Lipinski definition) is 2. The molecule has 20 heavy (non-hydrogen) atoms. The minimum absolute atomic E-state index is 0. The van der Waals surface area contributed by atoms with Gasteiger partial charge in [-0.2, -0.15) is 0 Å². The molecule has 120 valence electrons. The molecule has 1 rings (SSSR count). The van der Waals surface area contributed by atoms with Crippen LogP contribution >= 0.6 is 24.0 Å². The zero-order valence-electron chi connectivity index (χ0n) is 13.3. The summed E-state index contributed by atoms with van der Waals surface area (Å²) >= 11 is 0. The molecule has 0 saturated carbocycles. The summed E-state index contributed by atoms with van der Waals surface area (Å²) in [5.74, 6) is 0.983. The van der Waals surface area contributed by atoms with Gasteiger partial charge < -0.3 is 15.5 Å². The monoisotopic (exact) mass is 396 g/mol. The van der Waals surface area contributed by atoms with E-state index in [4.69, 9.17) is 0 Å². The number of hydrogen-bond donors (Lipinski definition) is 2. The van der Waals surface area contributed by atoms with E-state index in [1.54, 1.807) is 0 Å². The molecule has 0 unspecified atom stereocenters. The van der Waals surface area contributed by atoms with Crippen molar-refractivity contribution in [3.05, 3.63) is 0 Å². The van der Waals surface area contributed by atoms with Crippen molar-refractivity contribution in [1.82, 2.24) is 15.5 Å². The molecule has 0 aromatic carbocycles. The molecule has 0 atom stereocenters. The highest BCUT2D eigenvalue weighted by Crippen LogP contribution is 2.08. The van der Waals surface area contributed by atoms with Crippen LogP contribution in [-0.2, 0) is 0 Å². The van der Waals surface area contributed by atoms with Crippen molar-refractivity contribution in [3.63, 3.8) is 0 Å². The summed E-state index contributed by atoms with van der Waals surface area (Å²) in [5, 5.41) is 6.68. The summed E-state index contributed by atoms with van der Waals surface area (Å²) in [7, 11) is 0. The maximum atomic E-state index is 4.63. The predicted molar refractivity (Wildman–Crippen MR) is 99.2 cm³/mol. The summed E-state index contributed by atoms with van der Waals surface area (Å²) in [5.41, 5.74) is 0. The predicted octanol–water partition coefficient (Wildman–Crippen LogP) is 2.84. The summed E-state index contributed by atoms with van der Waals surface area (Å²) in [6.45, 7) is 11.1. The molecular formula is C15H33IN4. The number of nitrogens with zero attached hydrogens (tertiary/aromatic N) is 2. The largest absolute Gasteiger partial charge is 0.357 e. The van der Waals surface area contributed by atoms with Crippen LogP contribution in [0.5, 0.6) is 0 Å². The van der Waals surface area contributed by atoms with Crippen LogP contribution in [0.4, 0.5) is 0 Å². The first-order chi connectivity index (χ1) is 9.36. The van der Waals surface area contributed by atoms with Crippen LogP contribution in [0.2, 0.25) is 0 Å². The summed E-state index contributed by atoms with van der Waals surface area (Å²) in [6, 6.07) is 0. The smallest absolute Gasteiger partial charge is 0.191 e. The standard InChI is InChI=1S/C15H32N4.HI/c1-3-5-10-17-15(16-4-2)18-11-6-7-12-19-13-8-9-14-19;/h3-14H2,1-2H3,(H2,16,17,18);1H. The van der Waals surface area contributed by atoms with Crippen molar-refractivity contribution in [1.29, 1.82) is 0 Å². The average molecular weight is 396 g/mol. The van der Waals surface area contributed by atoms with Gasteiger partial charge in [-0.3, -0.25) is 4.99 Å². The quantitative estimate of drug-likeness (QED) is 0.273. The van der Waals surface area contributed by atoms with Crippen molar-refractivity contribution in [2.45, 2.75) is 52.4 Å². The van der Waals surface area contributed by atoms with Gasteiger partial charge in [0.15, 0.2) is 5.96 Å². The van der Waals surface area contributed by atoms with E-state index in [0.717, 1.165) is 25.6 Å². The molecule has 1 aliphatic heterocycles. The molecule has 2 N–H and O–H groups in total. The first-order valence-electron chi connectivity index (χ1n) is 8.11. The Morgan fingerprint density at radius 1 is 1.05 bits per heavy atom. The third kappa shape index (κ3) is 9.80. The molecule has 1 heterocycles. The molecule has 0 radical (unpaired) electrons. The second kappa shape index (κ2) is 13.9. The Morgan fingerprint density at radius 2 is 1.80 bits per heavy atom. The topological polar surface area (TPSA) is 39.7 Å². The van der Waals surface area contributed by atoms with E-state index in [1.165, 1.54) is 58.2 Å². The number of nitrogens with one attached hydrogen (secondary N) is 2. The third-order valence-electron chi connectivity index (χ3n) is 3.52. The van der Waals surface area contributed by atoms with Crippen molar-refractivity contribution < 1.29 is 0 Å². The summed E-state index contributed by atoms with van der Waals surface area (Å²) in [4.78, 5) is 7.20. The van der Waals surface area contributed by atoms with Gasteiger partial charge in [-0.25, -0.2) is 0 Å². The van der Waals surface area contributed by atoms with E-state index in [-0.39, 0.29) is 24.0 Å². The number of guanidine groups is 1. The third-order valence-corrected chi connectivity index (χ3v) is 3.52. The maximum Gasteiger partial charge on any atom is 0.191 e. The average Bonchev–Trinajstić information content (AvgIpc) is 2.91. The molecule has 0 amide bonds. The van der Waals surface area contributed by atoms with Crippen molar-refractivity contribution in [3.8, 4) is 0 Å². The number of rotatable bonds is 9. The fraction of sp³-hybridized carbons (Fsp3) is 0.933. The van der Waals surface area contributed by atoms with E-state index in [1.807, 2.05) is 0 Å². The van der Waals surface area contributed by atoms with Gasteiger partial charge in [0, 0.05) is 19.6 Å². The van der Waals surface area contributed by atoms with Gasteiger partial charge in [0.25, 0.3) is 0 Å². The molecule has 0 aromatic rings. The Hall–Kier alpha value is -0.0400. The molecule has 1 saturated heterocycles. The Morgan fingerprint density at radius 3 is 2.45 bits per heavy atom. The van der Waals surface area contributed by atoms with E-state index in [0.29, 0.717) is 0 Å². The van der Waals surface area contributed by atoms with Crippen LogP contribution in [0.3, 0.4) is 0 Å². The maximum absolute atomic E-state index is 4.63. The van der Waals surface area contributed by atoms with E-state index >= 15 is 0 Å². The zero-order chi connectivity index (χ0) is 13.8. The van der Waals surface area contributed by atoms with Gasteiger partial charge in [-0.15, -0.1) is 24.0 Å². The summed E-state index contributed by atoms with van der Waals surface area (Å²) < 4.78 is 0. The first-order valence-corrected chi connectivity index (χ1v) is 8.11. The molecule has 4 nitrogen and oxygen atoms in total. The molecule has 0 aromatic heterocycles. The highest BCUT2D eigenvalue weighted by molar-refractivity contribution is 14.0. The Kier molecular flexibility index (Phi) is 13.9. The van der Waals surface area contributed by atoms with Gasteiger partial charge in [0.2, 0.25) is 0 Å². The Bertz CT molecular complexity index is 240. The molecular weight excluding hydrogens is 363 g/mol. The fourth-order valence-electron chi connectivity index (χ4n) is 2.37.